The van der Waals surface area contributed by atoms with E-state index >= 15 is 0 Å². The number of anilines is 1. The van der Waals surface area contributed by atoms with E-state index in [4.69, 9.17) is 4.42 Å². The largest absolute Gasteiger partial charge is 0.469 e. The predicted octanol–water partition coefficient (Wildman–Crippen LogP) is 1.32. The molecule has 2 heterocycles. The molecule has 18 heavy (non-hydrogen) atoms. The van der Waals surface area contributed by atoms with Gasteiger partial charge in [-0.05, 0) is 24.6 Å². The number of carbonyl (C=O) groups excluding carboxylic acids is 1. The molecular formula is C12H12N4O2. The van der Waals surface area contributed by atoms with Gasteiger partial charge >= 0.3 is 0 Å². The number of hydrogen-bond acceptors (Lipinski definition) is 5. The van der Waals surface area contributed by atoms with Gasteiger partial charge in [-0.2, -0.15) is 0 Å². The highest BCUT2D eigenvalue weighted by Crippen LogP contribution is 2.47. The van der Waals surface area contributed by atoms with E-state index in [2.05, 4.69) is 20.8 Å². The number of hydrogen-bond donors (Lipinski definition) is 2. The van der Waals surface area contributed by atoms with Crippen molar-refractivity contribution in [3.05, 3.63) is 42.6 Å². The number of rotatable bonds is 4. The van der Waals surface area contributed by atoms with Gasteiger partial charge in [-0.3, -0.25) is 15.6 Å². The van der Waals surface area contributed by atoms with Crippen molar-refractivity contribution in [1.29, 1.82) is 0 Å². The van der Waals surface area contributed by atoms with E-state index in [1.807, 2.05) is 12.1 Å². The molecule has 0 unspecified atom stereocenters. The van der Waals surface area contributed by atoms with Gasteiger partial charge < -0.3 is 4.42 Å². The number of nitrogens with one attached hydrogen (secondary N) is 2. The molecule has 6 nitrogen and oxygen atoms in total. The summed E-state index contributed by atoms with van der Waals surface area (Å²) in [5.74, 6) is 1.34. The Morgan fingerprint density at radius 3 is 2.89 bits per heavy atom. The van der Waals surface area contributed by atoms with Crippen molar-refractivity contribution in [3.8, 4) is 0 Å². The fourth-order valence-electron chi connectivity index (χ4n) is 1.88. The summed E-state index contributed by atoms with van der Waals surface area (Å²) in [6.45, 7) is 0. The van der Waals surface area contributed by atoms with Crippen LogP contribution in [-0.4, -0.2) is 15.9 Å². The van der Waals surface area contributed by atoms with Gasteiger partial charge in [-0.25, -0.2) is 9.97 Å². The number of aromatic nitrogens is 2. The lowest BCUT2D eigenvalue weighted by molar-refractivity contribution is -0.121. The number of carbonyl (C=O) groups is 1. The van der Waals surface area contributed by atoms with Crippen molar-refractivity contribution in [2.45, 2.75) is 12.3 Å². The fraction of sp³-hybridized carbons (Fsp3) is 0.250. The molecule has 1 fully saturated rings. The fourth-order valence-corrected chi connectivity index (χ4v) is 1.88. The van der Waals surface area contributed by atoms with E-state index in [1.165, 1.54) is 0 Å². The Labute approximate surface area is 103 Å². The SMILES string of the molecule is O=C(NNc1ncccn1)[C@H]1C[C@@H]1c1ccco1. The third-order valence-corrected chi connectivity index (χ3v) is 2.90. The van der Waals surface area contributed by atoms with Gasteiger partial charge in [0, 0.05) is 18.3 Å². The minimum absolute atomic E-state index is 0.0348. The van der Waals surface area contributed by atoms with Crippen LogP contribution in [0.2, 0.25) is 0 Å². The molecule has 0 aromatic carbocycles. The van der Waals surface area contributed by atoms with Crippen molar-refractivity contribution in [2.24, 2.45) is 5.92 Å². The van der Waals surface area contributed by atoms with Gasteiger partial charge in [0.2, 0.25) is 11.9 Å². The first-order valence-corrected chi connectivity index (χ1v) is 5.71. The zero-order valence-corrected chi connectivity index (χ0v) is 9.54. The van der Waals surface area contributed by atoms with Crippen LogP contribution in [0.5, 0.6) is 0 Å². The second-order valence-electron chi connectivity index (χ2n) is 4.15. The third kappa shape index (κ3) is 2.17. The van der Waals surface area contributed by atoms with Crippen molar-refractivity contribution >= 4 is 11.9 Å². The smallest absolute Gasteiger partial charge is 0.242 e. The van der Waals surface area contributed by atoms with Gasteiger partial charge in [0.15, 0.2) is 0 Å². The molecule has 92 valence electrons. The summed E-state index contributed by atoms with van der Waals surface area (Å²) in [7, 11) is 0. The van der Waals surface area contributed by atoms with Crippen LogP contribution in [0, 0.1) is 5.92 Å². The molecular weight excluding hydrogens is 232 g/mol. The molecule has 2 N–H and O–H groups in total. The minimum atomic E-state index is -0.0659. The first kappa shape index (κ1) is 10.8. The van der Waals surface area contributed by atoms with Crippen LogP contribution in [0.25, 0.3) is 0 Å². The molecule has 1 saturated carbocycles. The normalized spacial score (nSPS) is 21.3. The average Bonchev–Trinajstić information content (AvgIpc) is 3.03. The van der Waals surface area contributed by atoms with Crippen molar-refractivity contribution in [2.75, 3.05) is 5.43 Å². The highest BCUT2D eigenvalue weighted by atomic mass is 16.3. The average molecular weight is 244 g/mol. The van der Waals surface area contributed by atoms with Crippen LogP contribution in [-0.2, 0) is 4.79 Å². The lowest BCUT2D eigenvalue weighted by atomic mass is 10.2. The number of nitrogens with zero attached hydrogens (tertiary/aromatic N) is 2. The minimum Gasteiger partial charge on any atom is -0.469 e. The van der Waals surface area contributed by atoms with E-state index in [0.29, 0.717) is 5.95 Å². The molecule has 0 aliphatic heterocycles. The van der Waals surface area contributed by atoms with E-state index in [-0.39, 0.29) is 17.7 Å². The lowest BCUT2D eigenvalue weighted by Gasteiger charge is -2.05. The van der Waals surface area contributed by atoms with Crippen molar-refractivity contribution in [1.82, 2.24) is 15.4 Å². The van der Waals surface area contributed by atoms with Gasteiger partial charge in [0.05, 0.1) is 12.2 Å². The molecule has 6 heteroatoms. The molecule has 0 bridgehead atoms. The maximum Gasteiger partial charge on any atom is 0.242 e. The second-order valence-corrected chi connectivity index (χ2v) is 4.15. The van der Waals surface area contributed by atoms with E-state index < -0.39 is 0 Å². The van der Waals surface area contributed by atoms with E-state index in [9.17, 15) is 4.79 Å². The summed E-state index contributed by atoms with van der Waals surface area (Å²) in [6, 6.07) is 5.44. The van der Waals surface area contributed by atoms with Crippen LogP contribution in [0.15, 0.2) is 41.3 Å². The quantitative estimate of drug-likeness (QED) is 0.793. The Kier molecular flexibility index (Phi) is 2.68. The Hall–Kier alpha value is -2.37. The first-order valence-electron chi connectivity index (χ1n) is 5.71. The summed E-state index contributed by atoms with van der Waals surface area (Å²) < 4.78 is 5.28. The highest BCUT2D eigenvalue weighted by molar-refractivity contribution is 5.83. The number of hydrazine groups is 1. The zero-order valence-electron chi connectivity index (χ0n) is 9.54. The van der Waals surface area contributed by atoms with Crippen LogP contribution < -0.4 is 10.9 Å². The highest BCUT2D eigenvalue weighted by Gasteiger charge is 2.45. The van der Waals surface area contributed by atoms with Gasteiger partial charge in [-0.1, -0.05) is 0 Å². The Morgan fingerprint density at radius 2 is 2.17 bits per heavy atom. The summed E-state index contributed by atoms with van der Waals surface area (Å²) >= 11 is 0. The molecule has 1 aliphatic carbocycles. The van der Waals surface area contributed by atoms with Gasteiger partial charge in [-0.15, -0.1) is 0 Å². The summed E-state index contributed by atoms with van der Waals surface area (Å²) in [5, 5.41) is 0. The Morgan fingerprint density at radius 1 is 1.33 bits per heavy atom. The van der Waals surface area contributed by atoms with Gasteiger partial charge in [0.25, 0.3) is 0 Å². The van der Waals surface area contributed by atoms with Crippen LogP contribution >= 0.6 is 0 Å². The van der Waals surface area contributed by atoms with Crippen LogP contribution in [0.1, 0.15) is 18.1 Å². The molecule has 2 atom stereocenters. The molecule has 1 amide bonds. The molecule has 0 saturated heterocycles. The molecule has 1 aliphatic rings. The maximum absolute atomic E-state index is 11.8. The summed E-state index contributed by atoms with van der Waals surface area (Å²) in [4.78, 5) is 19.7. The van der Waals surface area contributed by atoms with Crippen molar-refractivity contribution < 1.29 is 9.21 Å². The Balaban J connectivity index is 1.52. The molecule has 2 aromatic heterocycles. The number of furan rings is 1. The van der Waals surface area contributed by atoms with Gasteiger partial charge in [0.1, 0.15) is 5.76 Å². The molecule has 0 radical (unpaired) electrons. The molecule has 3 rings (SSSR count). The van der Waals surface area contributed by atoms with Crippen LogP contribution in [0.4, 0.5) is 5.95 Å². The molecule has 2 aromatic rings. The standard InChI is InChI=1S/C12H12N4O2/c17-11(15-16-12-13-4-2-5-14-12)9-7-8(9)10-3-1-6-18-10/h1-6,8-9H,7H2,(H,15,17)(H,13,14,16)/t8-,9-/m0/s1. The summed E-state index contributed by atoms with van der Waals surface area (Å²) in [5.41, 5.74) is 5.28. The topological polar surface area (TPSA) is 80.0 Å². The van der Waals surface area contributed by atoms with Crippen LogP contribution in [0.3, 0.4) is 0 Å². The Bertz CT molecular complexity index is 526. The zero-order chi connectivity index (χ0) is 12.4. The lowest BCUT2D eigenvalue weighted by Crippen LogP contribution is -2.31. The maximum atomic E-state index is 11.8. The summed E-state index contributed by atoms with van der Waals surface area (Å²) in [6.07, 6.45) is 5.64. The van der Waals surface area contributed by atoms with E-state index in [0.717, 1.165) is 12.2 Å². The molecule has 0 spiro atoms. The predicted molar refractivity (Wildman–Crippen MR) is 63.4 cm³/mol. The second kappa shape index (κ2) is 4.48. The monoisotopic (exact) mass is 244 g/mol. The third-order valence-electron chi connectivity index (χ3n) is 2.90. The first-order chi connectivity index (χ1) is 8.84. The van der Waals surface area contributed by atoms with Crippen molar-refractivity contribution in [3.63, 3.8) is 0 Å². The number of amides is 1. The van der Waals surface area contributed by atoms with E-state index in [1.54, 1.807) is 24.7 Å².